The Bertz CT molecular complexity index is 240. The van der Waals surface area contributed by atoms with E-state index >= 15 is 0 Å². The van der Waals surface area contributed by atoms with E-state index in [4.69, 9.17) is 0 Å². The van der Waals surface area contributed by atoms with E-state index in [0.29, 0.717) is 0 Å². The topological polar surface area (TPSA) is 24.9 Å². The molecule has 1 N–H and O–H groups in total. The van der Waals surface area contributed by atoms with E-state index in [2.05, 4.69) is 33.2 Å². The average Bonchev–Trinajstić information content (AvgIpc) is 2.04. The maximum Gasteiger partial charge on any atom is 0.0413 e. The van der Waals surface area contributed by atoms with Gasteiger partial charge in [-0.2, -0.15) is 0 Å². The molecule has 0 unspecified atom stereocenters. The largest absolute Gasteiger partial charge is 0.319 e. The summed E-state index contributed by atoms with van der Waals surface area (Å²) in [5.74, 6) is 0. The Labute approximate surface area is 81.5 Å². The average molecular weight is 229 g/mol. The summed E-state index contributed by atoms with van der Waals surface area (Å²) in [6, 6.07) is 0. The minimum Gasteiger partial charge on any atom is -0.319 e. The van der Waals surface area contributed by atoms with Gasteiger partial charge in [-0.15, -0.1) is 0 Å². The van der Waals surface area contributed by atoms with Crippen molar-refractivity contribution < 1.29 is 0 Å². The molecule has 0 fully saturated rings. The number of likely N-dealkylation sites (N-methyl/N-ethyl adjacent to an activating group) is 1. The second kappa shape index (κ2) is 4.58. The van der Waals surface area contributed by atoms with Crippen LogP contribution in [0.25, 0.3) is 0 Å². The van der Waals surface area contributed by atoms with E-state index in [-0.39, 0.29) is 0 Å². The number of nitrogens with zero attached hydrogens (tertiary/aromatic N) is 1. The van der Waals surface area contributed by atoms with Gasteiger partial charge in [-0.05, 0) is 54.0 Å². The molecule has 0 atom stereocenters. The Morgan fingerprint density at radius 1 is 1.50 bits per heavy atom. The van der Waals surface area contributed by atoms with Crippen LogP contribution in [0.1, 0.15) is 11.1 Å². The summed E-state index contributed by atoms with van der Waals surface area (Å²) in [6.45, 7) is 3.09. The lowest BCUT2D eigenvalue weighted by molar-refractivity contribution is 0.785. The van der Waals surface area contributed by atoms with E-state index in [1.165, 1.54) is 11.1 Å². The third-order valence-corrected chi connectivity index (χ3v) is 2.53. The standard InChI is InChI=1S/C9H13BrN2/c1-7-5-12-6-9(10)8(7)3-4-11-2/h5-6,11H,3-4H2,1-2H3. The second-order valence-corrected chi connectivity index (χ2v) is 3.62. The SMILES string of the molecule is CNCCc1c(C)cncc1Br. The number of pyridine rings is 1. The molecular formula is C9H13BrN2. The van der Waals surface area contributed by atoms with Crippen LogP contribution in [0.2, 0.25) is 0 Å². The van der Waals surface area contributed by atoms with E-state index in [1.807, 2.05) is 19.4 Å². The summed E-state index contributed by atoms with van der Waals surface area (Å²) >= 11 is 3.49. The lowest BCUT2D eigenvalue weighted by atomic mass is 10.1. The minimum atomic E-state index is 1.00. The Morgan fingerprint density at radius 3 is 2.83 bits per heavy atom. The van der Waals surface area contributed by atoms with Crippen molar-refractivity contribution in [2.75, 3.05) is 13.6 Å². The van der Waals surface area contributed by atoms with Crippen LogP contribution in [0.3, 0.4) is 0 Å². The summed E-state index contributed by atoms with van der Waals surface area (Å²) < 4.78 is 1.11. The van der Waals surface area contributed by atoms with Crippen molar-refractivity contribution in [1.82, 2.24) is 10.3 Å². The Kier molecular flexibility index (Phi) is 3.69. The molecule has 0 aromatic carbocycles. The molecule has 0 spiro atoms. The number of nitrogens with one attached hydrogen (secondary N) is 1. The van der Waals surface area contributed by atoms with Gasteiger partial charge < -0.3 is 5.32 Å². The molecule has 1 rings (SSSR count). The monoisotopic (exact) mass is 228 g/mol. The van der Waals surface area contributed by atoms with E-state index < -0.39 is 0 Å². The van der Waals surface area contributed by atoms with Crippen molar-refractivity contribution in [3.05, 3.63) is 28.0 Å². The van der Waals surface area contributed by atoms with Gasteiger partial charge in [-0.25, -0.2) is 0 Å². The zero-order valence-electron chi connectivity index (χ0n) is 7.39. The Morgan fingerprint density at radius 2 is 2.25 bits per heavy atom. The highest BCUT2D eigenvalue weighted by Gasteiger charge is 2.02. The molecule has 0 radical (unpaired) electrons. The van der Waals surface area contributed by atoms with E-state index in [1.54, 1.807) is 0 Å². The maximum absolute atomic E-state index is 4.09. The van der Waals surface area contributed by atoms with Crippen LogP contribution in [0.15, 0.2) is 16.9 Å². The van der Waals surface area contributed by atoms with Crippen molar-refractivity contribution in [3.63, 3.8) is 0 Å². The van der Waals surface area contributed by atoms with Crippen LogP contribution in [-0.4, -0.2) is 18.6 Å². The summed E-state index contributed by atoms with van der Waals surface area (Å²) in [6.07, 6.45) is 4.79. The molecule has 0 saturated carbocycles. The van der Waals surface area contributed by atoms with Gasteiger partial charge in [-0.3, -0.25) is 4.98 Å². The zero-order valence-corrected chi connectivity index (χ0v) is 8.98. The lowest BCUT2D eigenvalue weighted by Crippen LogP contribution is -2.11. The van der Waals surface area contributed by atoms with Crippen LogP contribution in [-0.2, 0) is 6.42 Å². The minimum absolute atomic E-state index is 1.00. The molecule has 3 heteroatoms. The number of aryl methyl sites for hydroxylation is 1. The molecule has 2 nitrogen and oxygen atoms in total. The quantitative estimate of drug-likeness (QED) is 0.856. The highest BCUT2D eigenvalue weighted by Crippen LogP contribution is 2.18. The fourth-order valence-corrected chi connectivity index (χ4v) is 1.75. The molecule has 12 heavy (non-hydrogen) atoms. The summed E-state index contributed by atoms with van der Waals surface area (Å²) in [4.78, 5) is 4.09. The number of hydrogen-bond donors (Lipinski definition) is 1. The van der Waals surface area contributed by atoms with E-state index in [9.17, 15) is 0 Å². The number of hydrogen-bond acceptors (Lipinski definition) is 2. The molecule has 0 aliphatic heterocycles. The van der Waals surface area contributed by atoms with Crippen LogP contribution >= 0.6 is 15.9 Å². The summed E-state index contributed by atoms with van der Waals surface area (Å²) in [5.41, 5.74) is 2.60. The van der Waals surface area contributed by atoms with Gasteiger partial charge in [0.05, 0.1) is 0 Å². The van der Waals surface area contributed by atoms with Gasteiger partial charge in [-0.1, -0.05) is 0 Å². The van der Waals surface area contributed by atoms with Crippen molar-refractivity contribution >= 4 is 15.9 Å². The first kappa shape index (κ1) is 9.68. The fraction of sp³-hybridized carbons (Fsp3) is 0.444. The van der Waals surface area contributed by atoms with Crippen LogP contribution in [0, 0.1) is 6.92 Å². The molecule has 1 aromatic heterocycles. The van der Waals surface area contributed by atoms with Crippen LogP contribution in [0.4, 0.5) is 0 Å². The van der Waals surface area contributed by atoms with Crippen molar-refractivity contribution in [2.24, 2.45) is 0 Å². The molecular weight excluding hydrogens is 216 g/mol. The Hall–Kier alpha value is -0.410. The summed E-state index contributed by atoms with van der Waals surface area (Å²) in [7, 11) is 1.96. The Balaban J connectivity index is 2.81. The molecule has 1 heterocycles. The first-order chi connectivity index (χ1) is 5.75. The van der Waals surface area contributed by atoms with Gasteiger partial charge in [0, 0.05) is 16.9 Å². The van der Waals surface area contributed by atoms with Gasteiger partial charge in [0.2, 0.25) is 0 Å². The van der Waals surface area contributed by atoms with E-state index in [0.717, 1.165) is 17.4 Å². The molecule has 0 bridgehead atoms. The first-order valence-electron chi connectivity index (χ1n) is 3.99. The first-order valence-corrected chi connectivity index (χ1v) is 4.78. The van der Waals surface area contributed by atoms with Crippen molar-refractivity contribution in [2.45, 2.75) is 13.3 Å². The number of rotatable bonds is 3. The molecule has 66 valence electrons. The van der Waals surface area contributed by atoms with Crippen molar-refractivity contribution in [3.8, 4) is 0 Å². The third kappa shape index (κ3) is 2.29. The summed E-state index contributed by atoms with van der Waals surface area (Å²) in [5, 5.41) is 3.13. The molecule has 0 aliphatic rings. The molecule has 1 aromatic rings. The zero-order chi connectivity index (χ0) is 8.97. The molecule has 0 saturated heterocycles. The van der Waals surface area contributed by atoms with Gasteiger partial charge in [0.15, 0.2) is 0 Å². The van der Waals surface area contributed by atoms with Gasteiger partial charge >= 0.3 is 0 Å². The highest BCUT2D eigenvalue weighted by atomic mass is 79.9. The third-order valence-electron chi connectivity index (χ3n) is 1.85. The highest BCUT2D eigenvalue weighted by molar-refractivity contribution is 9.10. The van der Waals surface area contributed by atoms with Crippen molar-refractivity contribution in [1.29, 1.82) is 0 Å². The fourth-order valence-electron chi connectivity index (χ4n) is 1.13. The van der Waals surface area contributed by atoms with Crippen LogP contribution < -0.4 is 5.32 Å². The number of halogens is 1. The van der Waals surface area contributed by atoms with Crippen LogP contribution in [0.5, 0.6) is 0 Å². The second-order valence-electron chi connectivity index (χ2n) is 2.77. The molecule has 0 aliphatic carbocycles. The van der Waals surface area contributed by atoms with Gasteiger partial charge in [0.25, 0.3) is 0 Å². The predicted octanol–water partition coefficient (Wildman–Crippen LogP) is 1.91. The predicted molar refractivity (Wildman–Crippen MR) is 54.3 cm³/mol. The van der Waals surface area contributed by atoms with Gasteiger partial charge in [0.1, 0.15) is 0 Å². The number of aromatic nitrogens is 1. The maximum atomic E-state index is 4.09. The smallest absolute Gasteiger partial charge is 0.0413 e. The molecule has 0 amide bonds. The lowest BCUT2D eigenvalue weighted by Gasteiger charge is -2.06. The normalized spacial score (nSPS) is 10.2.